The fourth-order valence-corrected chi connectivity index (χ4v) is 2.21. The molecule has 2 N–H and O–H groups in total. The number of benzene rings is 1. The highest BCUT2D eigenvalue weighted by Crippen LogP contribution is 2.33. The average molecular weight is 279 g/mol. The van der Waals surface area contributed by atoms with Gasteiger partial charge in [0.05, 0.1) is 19.9 Å². The van der Waals surface area contributed by atoms with Crippen molar-refractivity contribution in [2.75, 3.05) is 14.2 Å². The van der Waals surface area contributed by atoms with Crippen molar-refractivity contribution in [2.24, 2.45) is 4.99 Å². The molecule has 7 heteroatoms. The Morgan fingerprint density at radius 3 is 2.79 bits per heavy atom. The van der Waals surface area contributed by atoms with E-state index in [-0.39, 0.29) is 0 Å². The summed E-state index contributed by atoms with van der Waals surface area (Å²) in [5.74, 6) is 1.32. The number of hydrogen-bond acceptors (Lipinski definition) is 6. The normalized spacial score (nSPS) is 10.7. The van der Waals surface area contributed by atoms with Gasteiger partial charge in [0.1, 0.15) is 6.34 Å². The van der Waals surface area contributed by atoms with E-state index < -0.39 is 0 Å². The van der Waals surface area contributed by atoms with Gasteiger partial charge >= 0.3 is 0 Å². The highest BCUT2D eigenvalue weighted by atomic mass is 32.1. The Morgan fingerprint density at radius 2 is 2.11 bits per heavy atom. The van der Waals surface area contributed by atoms with Crippen molar-refractivity contribution in [1.29, 1.82) is 0 Å². The third-order valence-corrected chi connectivity index (χ3v) is 3.15. The zero-order valence-corrected chi connectivity index (χ0v) is 11.3. The number of nitrogens with one attached hydrogen (secondary N) is 1. The van der Waals surface area contributed by atoms with E-state index in [1.807, 2.05) is 29.1 Å². The van der Waals surface area contributed by atoms with E-state index in [1.54, 1.807) is 14.2 Å². The summed E-state index contributed by atoms with van der Waals surface area (Å²) in [5, 5.41) is 10.9. The molecule has 6 nitrogen and oxygen atoms in total. The second-order valence-electron chi connectivity index (χ2n) is 3.47. The van der Waals surface area contributed by atoms with Gasteiger partial charge in [-0.2, -0.15) is 0 Å². The Balaban J connectivity index is 2.31. The molecule has 0 atom stereocenters. The van der Waals surface area contributed by atoms with Crippen LogP contribution in [-0.2, 0) is 0 Å². The van der Waals surface area contributed by atoms with Crippen LogP contribution >= 0.6 is 11.3 Å². The number of hydroxylamine groups is 1. The van der Waals surface area contributed by atoms with Crippen LogP contribution in [0.25, 0.3) is 11.3 Å². The van der Waals surface area contributed by atoms with Crippen LogP contribution in [0.2, 0.25) is 0 Å². The Bertz CT molecular complexity index is 583. The van der Waals surface area contributed by atoms with Gasteiger partial charge in [-0.1, -0.05) is 0 Å². The van der Waals surface area contributed by atoms with Crippen LogP contribution in [0.5, 0.6) is 11.5 Å². The first-order valence-corrected chi connectivity index (χ1v) is 6.26. The van der Waals surface area contributed by atoms with Gasteiger partial charge in [0.25, 0.3) is 0 Å². The molecule has 2 rings (SSSR count). The van der Waals surface area contributed by atoms with Crippen molar-refractivity contribution in [3.8, 4) is 22.8 Å². The van der Waals surface area contributed by atoms with Crippen molar-refractivity contribution in [3.63, 3.8) is 0 Å². The van der Waals surface area contributed by atoms with Crippen LogP contribution in [0.1, 0.15) is 0 Å². The second kappa shape index (κ2) is 6.17. The first kappa shape index (κ1) is 13.3. The fourth-order valence-electron chi connectivity index (χ4n) is 1.54. The maximum atomic E-state index is 8.42. The van der Waals surface area contributed by atoms with E-state index in [9.17, 15) is 0 Å². The summed E-state index contributed by atoms with van der Waals surface area (Å²) < 4.78 is 10.4. The molecule has 19 heavy (non-hydrogen) atoms. The molecule has 0 radical (unpaired) electrons. The molecule has 1 aromatic heterocycles. The number of hydrogen-bond donors (Lipinski definition) is 2. The van der Waals surface area contributed by atoms with Crippen molar-refractivity contribution >= 4 is 22.8 Å². The molecule has 0 unspecified atom stereocenters. The summed E-state index contributed by atoms with van der Waals surface area (Å²) in [5.41, 5.74) is 3.53. The van der Waals surface area contributed by atoms with Gasteiger partial charge in [0, 0.05) is 10.9 Å². The van der Waals surface area contributed by atoms with Crippen molar-refractivity contribution in [2.45, 2.75) is 0 Å². The van der Waals surface area contributed by atoms with E-state index in [0.717, 1.165) is 17.6 Å². The minimum atomic E-state index is 0.548. The number of aliphatic imine (C=N–C) groups is 1. The molecule has 0 saturated carbocycles. The van der Waals surface area contributed by atoms with Crippen molar-refractivity contribution in [1.82, 2.24) is 10.5 Å². The molecule has 0 fully saturated rings. The fraction of sp³-hybridized carbons (Fsp3) is 0.167. The van der Waals surface area contributed by atoms with E-state index in [2.05, 4.69) is 9.98 Å². The molecule has 2 aromatic rings. The zero-order valence-electron chi connectivity index (χ0n) is 10.5. The maximum Gasteiger partial charge on any atom is 0.211 e. The summed E-state index contributed by atoms with van der Waals surface area (Å²) >= 11 is 1.38. The predicted molar refractivity (Wildman–Crippen MR) is 73.7 cm³/mol. The molecule has 1 heterocycles. The van der Waals surface area contributed by atoms with Crippen LogP contribution in [0, 0.1) is 0 Å². The standard InChI is InChI=1S/C12H13N3O3S/c1-17-10-4-3-8(5-11(10)18-2)9-6-19-12(15-9)13-7-14-16/h3-7,16H,1-2H3,(H,13,14,15). The number of rotatable bonds is 5. The largest absolute Gasteiger partial charge is 0.493 e. The summed E-state index contributed by atoms with van der Waals surface area (Å²) in [4.78, 5) is 8.23. The molecule has 0 aliphatic heterocycles. The lowest BCUT2D eigenvalue weighted by atomic mass is 10.1. The first-order valence-electron chi connectivity index (χ1n) is 5.38. The van der Waals surface area contributed by atoms with Crippen LogP contribution in [0.15, 0.2) is 28.6 Å². The third-order valence-electron chi connectivity index (χ3n) is 2.40. The van der Waals surface area contributed by atoms with E-state index >= 15 is 0 Å². The lowest BCUT2D eigenvalue weighted by molar-refractivity contribution is 0.240. The minimum absolute atomic E-state index is 0.548. The molecule has 0 amide bonds. The van der Waals surface area contributed by atoms with Gasteiger partial charge in [-0.25, -0.2) is 9.98 Å². The Kier molecular flexibility index (Phi) is 4.32. The molecule has 0 aliphatic rings. The molecular formula is C12H13N3O3S. The number of ether oxygens (including phenoxy) is 2. The maximum absolute atomic E-state index is 8.42. The molecule has 100 valence electrons. The highest BCUT2D eigenvalue weighted by molar-refractivity contribution is 7.13. The SMILES string of the molecule is COc1ccc(-c2csc(/N=C\NO)n2)cc1OC. The van der Waals surface area contributed by atoms with Crippen LogP contribution in [0.3, 0.4) is 0 Å². The van der Waals surface area contributed by atoms with Crippen LogP contribution < -0.4 is 15.0 Å². The summed E-state index contributed by atoms with van der Waals surface area (Å²) in [7, 11) is 3.18. The van der Waals surface area contributed by atoms with Gasteiger partial charge < -0.3 is 9.47 Å². The van der Waals surface area contributed by atoms with Gasteiger partial charge in [-0.15, -0.1) is 11.3 Å². The van der Waals surface area contributed by atoms with Crippen LogP contribution in [0.4, 0.5) is 5.13 Å². The predicted octanol–water partition coefficient (Wildman–Crippen LogP) is 2.47. The molecule has 1 aromatic carbocycles. The second-order valence-corrected chi connectivity index (χ2v) is 4.31. The third kappa shape index (κ3) is 3.01. The van der Waals surface area contributed by atoms with Crippen molar-refractivity contribution < 1.29 is 14.7 Å². The zero-order chi connectivity index (χ0) is 13.7. The van der Waals surface area contributed by atoms with Gasteiger partial charge in [0.2, 0.25) is 5.13 Å². The van der Waals surface area contributed by atoms with E-state index in [0.29, 0.717) is 16.6 Å². The average Bonchev–Trinajstić information content (AvgIpc) is 2.93. The van der Waals surface area contributed by atoms with E-state index in [4.69, 9.17) is 14.7 Å². The quantitative estimate of drug-likeness (QED) is 0.499. The molecule has 0 aliphatic carbocycles. The first-order chi connectivity index (χ1) is 9.28. The van der Waals surface area contributed by atoms with Gasteiger partial charge in [0.15, 0.2) is 11.5 Å². The molecular weight excluding hydrogens is 266 g/mol. The summed E-state index contributed by atoms with van der Waals surface area (Å²) in [6, 6.07) is 5.58. The van der Waals surface area contributed by atoms with Crippen LogP contribution in [-0.4, -0.2) is 30.7 Å². The number of thiazole rings is 1. The number of aromatic nitrogens is 1. The number of methoxy groups -OCH3 is 2. The molecule has 0 saturated heterocycles. The topological polar surface area (TPSA) is 76.0 Å². The summed E-state index contributed by atoms with van der Waals surface area (Å²) in [6.45, 7) is 0. The smallest absolute Gasteiger partial charge is 0.211 e. The van der Waals surface area contributed by atoms with E-state index in [1.165, 1.54) is 11.3 Å². The Morgan fingerprint density at radius 1 is 1.32 bits per heavy atom. The Hall–Kier alpha value is -2.12. The highest BCUT2D eigenvalue weighted by Gasteiger charge is 2.08. The van der Waals surface area contributed by atoms with Gasteiger partial charge in [-0.3, -0.25) is 10.7 Å². The molecule has 0 bridgehead atoms. The summed E-state index contributed by atoms with van der Waals surface area (Å²) in [6.07, 6.45) is 1.16. The molecule has 0 spiro atoms. The van der Waals surface area contributed by atoms with Gasteiger partial charge in [-0.05, 0) is 18.2 Å². The monoisotopic (exact) mass is 279 g/mol. The number of nitrogens with zero attached hydrogens (tertiary/aromatic N) is 2. The lowest BCUT2D eigenvalue weighted by Gasteiger charge is -2.08. The lowest BCUT2D eigenvalue weighted by Crippen LogP contribution is -2.00. The minimum Gasteiger partial charge on any atom is -0.493 e. The Labute approximate surface area is 114 Å². The van der Waals surface area contributed by atoms with Crippen molar-refractivity contribution in [3.05, 3.63) is 23.6 Å².